The van der Waals surface area contributed by atoms with Crippen LogP contribution in [0.3, 0.4) is 0 Å². The summed E-state index contributed by atoms with van der Waals surface area (Å²) in [6, 6.07) is 24.5. The highest BCUT2D eigenvalue weighted by Gasteiger charge is 2.19. The van der Waals surface area contributed by atoms with Crippen LogP contribution in [0.1, 0.15) is 29.8 Å². The van der Waals surface area contributed by atoms with Gasteiger partial charge in [0.25, 0.3) is 0 Å². The first-order valence-electron chi connectivity index (χ1n) is 11.3. The summed E-state index contributed by atoms with van der Waals surface area (Å²) in [5.74, 6) is -4.29. The van der Waals surface area contributed by atoms with Crippen LogP contribution in [0.25, 0.3) is 28.3 Å². The van der Waals surface area contributed by atoms with Crippen LogP contribution in [0.2, 0.25) is 0 Å². The second kappa shape index (κ2) is 11.0. The van der Waals surface area contributed by atoms with Crippen LogP contribution < -0.4 is 9.47 Å². The number of allylic oxidation sites excluding steroid dienone is 1. The normalized spacial score (nSPS) is 11.3. The molecule has 0 aliphatic rings. The van der Waals surface area contributed by atoms with Gasteiger partial charge in [-0.2, -0.15) is 8.78 Å². The van der Waals surface area contributed by atoms with E-state index < -0.39 is 23.4 Å². The average Bonchev–Trinajstić information content (AvgIpc) is 2.89. The van der Waals surface area contributed by atoms with Gasteiger partial charge >= 0.3 is 5.97 Å². The van der Waals surface area contributed by atoms with Gasteiger partial charge in [-0.15, -0.1) is 0 Å². The quantitative estimate of drug-likeness (QED) is 0.194. The van der Waals surface area contributed by atoms with Crippen molar-refractivity contribution < 1.29 is 27.4 Å². The lowest BCUT2D eigenvalue weighted by Crippen LogP contribution is -2.10. The monoisotopic (exact) mass is 488 g/mol. The molecule has 3 nitrogen and oxygen atoms in total. The van der Waals surface area contributed by atoms with Crippen molar-refractivity contribution in [2.45, 2.75) is 13.8 Å². The summed E-state index contributed by atoms with van der Waals surface area (Å²) in [6.45, 7) is 3.24. The molecule has 0 atom stereocenters. The summed E-state index contributed by atoms with van der Waals surface area (Å²) in [5, 5.41) is 0. The molecule has 4 aromatic rings. The van der Waals surface area contributed by atoms with Gasteiger partial charge in [0.05, 0.1) is 18.0 Å². The van der Waals surface area contributed by atoms with E-state index in [9.17, 15) is 18.0 Å². The average molecular weight is 489 g/mol. The number of carbonyl (C=O) groups is 1. The molecule has 0 saturated heterocycles. The van der Waals surface area contributed by atoms with E-state index in [4.69, 9.17) is 9.47 Å². The third-order valence-corrected chi connectivity index (χ3v) is 5.46. The number of esters is 1. The van der Waals surface area contributed by atoms with Gasteiger partial charge < -0.3 is 9.47 Å². The molecule has 0 heterocycles. The van der Waals surface area contributed by atoms with Crippen LogP contribution in [0.5, 0.6) is 11.5 Å². The van der Waals surface area contributed by atoms with Gasteiger partial charge in [-0.25, -0.2) is 9.18 Å². The van der Waals surface area contributed by atoms with Gasteiger partial charge in [0, 0.05) is 0 Å². The molecule has 182 valence electrons. The van der Waals surface area contributed by atoms with Crippen LogP contribution in [0.15, 0.2) is 90.8 Å². The number of benzene rings is 4. The zero-order valence-electron chi connectivity index (χ0n) is 19.7. The first-order chi connectivity index (χ1) is 17.4. The minimum atomic E-state index is -1.28. The number of carbonyl (C=O) groups excluding carboxylic acids is 1. The summed E-state index contributed by atoms with van der Waals surface area (Å²) in [4.78, 5) is 12.5. The summed E-state index contributed by atoms with van der Waals surface area (Å²) in [6.07, 6.45) is 1.47. The summed E-state index contributed by atoms with van der Waals surface area (Å²) >= 11 is 0. The van der Waals surface area contributed by atoms with Crippen molar-refractivity contribution in [1.82, 2.24) is 0 Å². The molecule has 4 aromatic carbocycles. The summed E-state index contributed by atoms with van der Waals surface area (Å²) in [7, 11) is 0. The van der Waals surface area contributed by atoms with Gasteiger partial charge in [-0.05, 0) is 72.0 Å². The van der Waals surface area contributed by atoms with Crippen molar-refractivity contribution >= 4 is 12.0 Å². The summed E-state index contributed by atoms with van der Waals surface area (Å²) in [5.41, 5.74) is 4.81. The zero-order chi connectivity index (χ0) is 25.7. The molecule has 4 rings (SSSR count). The van der Waals surface area contributed by atoms with Crippen LogP contribution in [-0.4, -0.2) is 12.6 Å². The first-order valence-corrected chi connectivity index (χ1v) is 11.3. The number of ether oxygens (including phenoxy) is 2. The summed E-state index contributed by atoms with van der Waals surface area (Å²) < 4.78 is 51.4. The van der Waals surface area contributed by atoms with E-state index in [2.05, 4.69) is 0 Å². The maximum Gasteiger partial charge on any atom is 0.343 e. The molecule has 36 heavy (non-hydrogen) atoms. The number of rotatable bonds is 7. The van der Waals surface area contributed by atoms with Crippen molar-refractivity contribution in [1.29, 1.82) is 0 Å². The molecule has 0 aromatic heterocycles. The topological polar surface area (TPSA) is 35.5 Å². The highest BCUT2D eigenvalue weighted by atomic mass is 19.2. The van der Waals surface area contributed by atoms with Crippen LogP contribution in [0, 0.1) is 11.6 Å². The van der Waals surface area contributed by atoms with E-state index in [0.29, 0.717) is 0 Å². The van der Waals surface area contributed by atoms with Gasteiger partial charge in [0.1, 0.15) is 0 Å². The predicted octanol–water partition coefficient (Wildman–Crippen LogP) is 8.25. The van der Waals surface area contributed by atoms with Crippen molar-refractivity contribution in [3.8, 4) is 33.8 Å². The van der Waals surface area contributed by atoms with E-state index in [1.165, 1.54) is 19.1 Å². The van der Waals surface area contributed by atoms with E-state index in [-0.39, 0.29) is 23.7 Å². The van der Waals surface area contributed by atoms with Gasteiger partial charge in [0.15, 0.2) is 11.5 Å². The van der Waals surface area contributed by atoms with Crippen LogP contribution >= 0.6 is 0 Å². The number of halogens is 3. The lowest BCUT2D eigenvalue weighted by Gasteiger charge is -2.10. The molecule has 0 saturated carbocycles. The molecule has 0 amide bonds. The molecule has 0 radical (unpaired) electrons. The lowest BCUT2D eigenvalue weighted by molar-refractivity contribution is 0.0726. The van der Waals surface area contributed by atoms with E-state index in [0.717, 1.165) is 33.9 Å². The molecule has 0 N–H and O–H groups in total. The fraction of sp³-hybridized carbons (Fsp3) is 0.100. The molecule has 0 unspecified atom stereocenters. The third kappa shape index (κ3) is 5.66. The van der Waals surface area contributed by atoms with Crippen molar-refractivity contribution in [3.63, 3.8) is 0 Å². The Bertz CT molecular complexity index is 1390. The standard InChI is InChI=1S/C30H23F3O3/c1-3-35-26-16-17-27(29(33)28(26)32)36-30(34)25-14-12-24(13-15-25)23-10-8-22(9-11-23)21-6-4-20(5-7-21)18-19(2)31/h4-18H,3H2,1-2H3. The Hall–Kier alpha value is -4.32. The predicted molar refractivity (Wildman–Crippen MR) is 135 cm³/mol. The Morgan fingerprint density at radius 2 is 1.17 bits per heavy atom. The Balaban J connectivity index is 1.45. The Morgan fingerprint density at radius 3 is 1.67 bits per heavy atom. The molecule has 0 aliphatic heterocycles. The second-order valence-electron chi connectivity index (χ2n) is 8.02. The Labute approximate surface area is 207 Å². The number of hydrogen-bond acceptors (Lipinski definition) is 3. The third-order valence-electron chi connectivity index (χ3n) is 5.46. The zero-order valence-corrected chi connectivity index (χ0v) is 19.7. The molecule has 0 spiro atoms. The highest BCUT2D eigenvalue weighted by Crippen LogP contribution is 2.29. The molecular formula is C30H23F3O3. The van der Waals surface area contributed by atoms with Crippen LogP contribution in [-0.2, 0) is 0 Å². The largest absolute Gasteiger partial charge is 0.491 e. The lowest BCUT2D eigenvalue weighted by atomic mass is 9.99. The Kier molecular flexibility index (Phi) is 7.54. The molecule has 0 fully saturated rings. The Morgan fingerprint density at radius 1 is 0.722 bits per heavy atom. The van der Waals surface area contributed by atoms with Gasteiger partial charge in [0.2, 0.25) is 11.6 Å². The minimum absolute atomic E-state index is 0.177. The van der Waals surface area contributed by atoms with Crippen molar-refractivity contribution in [2.24, 2.45) is 0 Å². The van der Waals surface area contributed by atoms with Gasteiger partial charge in [-0.1, -0.05) is 60.7 Å². The maximum absolute atomic E-state index is 14.2. The maximum atomic E-state index is 14.2. The fourth-order valence-corrected chi connectivity index (χ4v) is 3.67. The molecular weight excluding hydrogens is 465 g/mol. The smallest absolute Gasteiger partial charge is 0.343 e. The first kappa shape index (κ1) is 24.8. The fourth-order valence-electron chi connectivity index (χ4n) is 3.67. The van der Waals surface area contributed by atoms with Gasteiger partial charge in [-0.3, -0.25) is 0 Å². The van der Waals surface area contributed by atoms with Crippen molar-refractivity contribution in [2.75, 3.05) is 6.61 Å². The molecule has 0 aliphatic carbocycles. The molecule has 6 heteroatoms. The van der Waals surface area contributed by atoms with E-state index >= 15 is 0 Å². The highest BCUT2D eigenvalue weighted by molar-refractivity contribution is 5.91. The molecule has 0 bridgehead atoms. The van der Waals surface area contributed by atoms with E-state index in [1.54, 1.807) is 31.2 Å². The van der Waals surface area contributed by atoms with Crippen molar-refractivity contribution in [3.05, 3.63) is 114 Å². The second-order valence-corrected chi connectivity index (χ2v) is 8.02. The number of hydrogen-bond donors (Lipinski definition) is 0. The SMILES string of the molecule is CCOc1ccc(OC(=O)c2ccc(-c3ccc(-c4ccc(C=C(C)F)cc4)cc3)cc2)c(F)c1F. The van der Waals surface area contributed by atoms with E-state index in [1.807, 2.05) is 48.5 Å². The minimum Gasteiger partial charge on any atom is -0.491 e. The van der Waals surface area contributed by atoms with Crippen LogP contribution in [0.4, 0.5) is 13.2 Å².